The first kappa shape index (κ1) is 18.4. The maximum atomic E-state index is 13.5. The molecule has 134 valence electrons. The van der Waals surface area contributed by atoms with Crippen LogP contribution >= 0.6 is 0 Å². The lowest BCUT2D eigenvalue weighted by Gasteiger charge is -2.10. The molecule has 0 atom stereocenters. The zero-order chi connectivity index (χ0) is 18.6. The van der Waals surface area contributed by atoms with Gasteiger partial charge in [0.25, 0.3) is 5.91 Å². The number of hydrogen-bond donors (Lipinski definition) is 2. The van der Waals surface area contributed by atoms with Gasteiger partial charge >= 0.3 is 6.18 Å². The summed E-state index contributed by atoms with van der Waals surface area (Å²) in [6.07, 6.45) is -3.33. The second kappa shape index (κ2) is 7.32. The molecule has 2 rings (SSSR count). The highest BCUT2D eigenvalue weighted by atomic mass is 19.4. The van der Waals surface area contributed by atoms with Gasteiger partial charge in [-0.25, -0.2) is 13.8 Å². The number of rotatable bonds is 5. The molecular formula is C15H11F5N2O3. The fourth-order valence-electron chi connectivity index (χ4n) is 1.81. The van der Waals surface area contributed by atoms with Crippen LogP contribution in [0.15, 0.2) is 30.5 Å². The molecule has 10 heteroatoms. The second-order valence-corrected chi connectivity index (χ2v) is 4.87. The monoisotopic (exact) mass is 362 g/mol. The Morgan fingerprint density at radius 1 is 1.24 bits per heavy atom. The summed E-state index contributed by atoms with van der Waals surface area (Å²) in [4.78, 5) is 15.5. The minimum Gasteiger partial charge on any atom is -0.507 e. The number of benzene rings is 1. The van der Waals surface area contributed by atoms with Gasteiger partial charge in [0.1, 0.15) is 22.9 Å². The molecule has 1 amide bonds. The quantitative estimate of drug-likeness (QED) is 0.803. The van der Waals surface area contributed by atoms with Crippen molar-refractivity contribution in [1.82, 2.24) is 10.3 Å². The largest absolute Gasteiger partial charge is 0.507 e. The Morgan fingerprint density at radius 3 is 2.52 bits per heavy atom. The van der Waals surface area contributed by atoms with Crippen molar-refractivity contribution < 1.29 is 36.6 Å². The average Bonchev–Trinajstić information content (AvgIpc) is 2.50. The number of pyridine rings is 1. The highest BCUT2D eigenvalue weighted by Gasteiger charge is 2.28. The molecule has 0 aliphatic heterocycles. The molecule has 0 aliphatic rings. The van der Waals surface area contributed by atoms with E-state index < -0.39 is 41.6 Å². The Kier molecular flexibility index (Phi) is 5.40. The van der Waals surface area contributed by atoms with E-state index in [0.717, 1.165) is 6.20 Å². The first-order chi connectivity index (χ1) is 11.7. The molecule has 0 fully saturated rings. The number of aromatic nitrogens is 1. The third-order valence-corrected chi connectivity index (χ3v) is 2.90. The van der Waals surface area contributed by atoms with Gasteiger partial charge in [-0.15, -0.1) is 0 Å². The number of amides is 1. The average molecular weight is 362 g/mol. The van der Waals surface area contributed by atoms with Gasteiger partial charge in [-0.2, -0.15) is 13.2 Å². The van der Waals surface area contributed by atoms with Gasteiger partial charge in [0.05, 0.1) is 0 Å². The molecular weight excluding hydrogens is 351 g/mol. The van der Waals surface area contributed by atoms with Crippen molar-refractivity contribution >= 4 is 5.91 Å². The molecule has 0 unspecified atom stereocenters. The van der Waals surface area contributed by atoms with E-state index in [-0.39, 0.29) is 12.4 Å². The summed E-state index contributed by atoms with van der Waals surface area (Å²) >= 11 is 0. The summed E-state index contributed by atoms with van der Waals surface area (Å²) in [5.74, 6) is -4.37. The first-order valence-electron chi connectivity index (χ1n) is 6.76. The Balaban J connectivity index is 1.96. The van der Waals surface area contributed by atoms with Crippen molar-refractivity contribution in [3.8, 4) is 11.6 Å². The van der Waals surface area contributed by atoms with E-state index in [1.165, 1.54) is 12.1 Å². The van der Waals surface area contributed by atoms with E-state index in [9.17, 15) is 31.9 Å². The second-order valence-electron chi connectivity index (χ2n) is 4.87. The highest BCUT2D eigenvalue weighted by molar-refractivity contribution is 5.97. The molecule has 0 radical (unpaired) electrons. The molecule has 1 aromatic heterocycles. The van der Waals surface area contributed by atoms with Crippen LogP contribution in [0.4, 0.5) is 22.0 Å². The lowest BCUT2D eigenvalue weighted by Crippen LogP contribution is -2.24. The zero-order valence-corrected chi connectivity index (χ0v) is 12.4. The summed E-state index contributed by atoms with van der Waals surface area (Å²) in [7, 11) is 0. The van der Waals surface area contributed by atoms with E-state index >= 15 is 0 Å². The van der Waals surface area contributed by atoms with E-state index in [4.69, 9.17) is 0 Å². The number of carbonyl (C=O) groups excluding carboxylic acids is 1. The minimum absolute atomic E-state index is 0.151. The third kappa shape index (κ3) is 5.30. The number of phenols is 1. The lowest BCUT2D eigenvalue weighted by atomic mass is 10.1. The number of alkyl halides is 3. The number of ether oxygens (including phenoxy) is 1. The van der Waals surface area contributed by atoms with Crippen molar-refractivity contribution in [1.29, 1.82) is 0 Å². The number of phenolic OH excluding ortho intramolecular Hbond substituents is 1. The molecule has 0 spiro atoms. The van der Waals surface area contributed by atoms with E-state index in [1.807, 2.05) is 0 Å². The molecule has 0 aliphatic carbocycles. The summed E-state index contributed by atoms with van der Waals surface area (Å²) in [5.41, 5.74) is -0.339. The van der Waals surface area contributed by atoms with Crippen LogP contribution in [0.2, 0.25) is 0 Å². The van der Waals surface area contributed by atoms with Gasteiger partial charge < -0.3 is 15.2 Å². The summed E-state index contributed by atoms with van der Waals surface area (Å²) in [6.45, 7) is -1.64. The van der Waals surface area contributed by atoms with Crippen LogP contribution < -0.4 is 10.1 Å². The van der Waals surface area contributed by atoms with E-state index in [0.29, 0.717) is 17.7 Å². The van der Waals surface area contributed by atoms with Crippen LogP contribution in [-0.2, 0) is 6.54 Å². The maximum Gasteiger partial charge on any atom is 0.422 e. The van der Waals surface area contributed by atoms with Gasteiger partial charge in [-0.05, 0) is 5.56 Å². The minimum atomic E-state index is -4.49. The molecule has 2 N–H and O–H groups in total. The smallest absolute Gasteiger partial charge is 0.422 e. The van der Waals surface area contributed by atoms with Gasteiger partial charge in [-0.1, -0.05) is 6.07 Å². The van der Waals surface area contributed by atoms with E-state index in [2.05, 4.69) is 15.0 Å². The third-order valence-electron chi connectivity index (χ3n) is 2.90. The molecule has 2 aromatic rings. The number of hydrogen-bond acceptors (Lipinski definition) is 4. The van der Waals surface area contributed by atoms with Crippen LogP contribution in [0.5, 0.6) is 11.6 Å². The predicted octanol–water partition coefficient (Wildman–Crippen LogP) is 2.94. The van der Waals surface area contributed by atoms with Crippen molar-refractivity contribution in [3.63, 3.8) is 0 Å². The number of halogens is 5. The molecule has 0 saturated heterocycles. The Hall–Kier alpha value is -2.91. The Morgan fingerprint density at radius 2 is 1.96 bits per heavy atom. The van der Waals surface area contributed by atoms with Crippen molar-refractivity contribution in [2.75, 3.05) is 6.61 Å². The normalized spacial score (nSPS) is 11.2. The lowest BCUT2D eigenvalue weighted by molar-refractivity contribution is -0.154. The summed E-state index contributed by atoms with van der Waals surface area (Å²) in [6, 6.07) is 3.55. The Bertz CT molecular complexity index is 740. The van der Waals surface area contributed by atoms with Crippen LogP contribution in [0.25, 0.3) is 0 Å². The van der Waals surface area contributed by atoms with E-state index in [1.54, 1.807) is 0 Å². The number of nitrogens with zero attached hydrogens (tertiary/aromatic N) is 1. The SMILES string of the molecule is O=C(NCc1ccc(OCC(F)(F)F)nc1)c1c(O)cc(F)cc1F. The van der Waals surface area contributed by atoms with Crippen molar-refractivity contribution in [2.24, 2.45) is 0 Å². The fraction of sp³-hybridized carbons (Fsp3) is 0.200. The predicted molar refractivity (Wildman–Crippen MR) is 75.0 cm³/mol. The molecule has 0 saturated carbocycles. The van der Waals surface area contributed by atoms with Gasteiger partial charge in [0.15, 0.2) is 6.61 Å². The number of nitrogens with one attached hydrogen (secondary N) is 1. The van der Waals surface area contributed by atoms with Crippen molar-refractivity contribution in [2.45, 2.75) is 12.7 Å². The molecule has 25 heavy (non-hydrogen) atoms. The zero-order valence-electron chi connectivity index (χ0n) is 12.4. The van der Waals surface area contributed by atoms with Gasteiger partial charge in [-0.3, -0.25) is 4.79 Å². The van der Waals surface area contributed by atoms with Crippen molar-refractivity contribution in [3.05, 3.63) is 53.2 Å². The van der Waals surface area contributed by atoms with Crippen LogP contribution in [0.3, 0.4) is 0 Å². The number of carbonyl (C=O) groups is 1. The van der Waals surface area contributed by atoms with Gasteiger partial charge in [0.2, 0.25) is 5.88 Å². The van der Waals surface area contributed by atoms with Crippen LogP contribution in [-0.4, -0.2) is 28.8 Å². The molecule has 5 nitrogen and oxygen atoms in total. The molecule has 1 heterocycles. The van der Waals surface area contributed by atoms with Crippen LogP contribution in [0, 0.1) is 11.6 Å². The topological polar surface area (TPSA) is 71.5 Å². The fourth-order valence-corrected chi connectivity index (χ4v) is 1.81. The summed E-state index contributed by atoms with van der Waals surface area (Å²) in [5, 5.41) is 11.7. The standard InChI is InChI=1S/C15H11F5N2O3/c16-9-3-10(17)13(11(23)4-9)14(24)22-6-8-1-2-12(21-5-8)25-7-15(18,19)20/h1-5,23H,6-7H2,(H,22,24). The molecule has 1 aromatic carbocycles. The number of aromatic hydroxyl groups is 1. The highest BCUT2D eigenvalue weighted by Crippen LogP contribution is 2.22. The first-order valence-corrected chi connectivity index (χ1v) is 6.76. The Labute approximate surface area is 138 Å². The van der Waals surface area contributed by atoms with Gasteiger partial charge in [0, 0.05) is 30.9 Å². The molecule has 0 bridgehead atoms. The summed E-state index contributed by atoms with van der Waals surface area (Å²) < 4.78 is 66.9. The van der Waals surface area contributed by atoms with Crippen LogP contribution in [0.1, 0.15) is 15.9 Å². The maximum absolute atomic E-state index is 13.5.